The van der Waals surface area contributed by atoms with Gasteiger partial charge in [0.1, 0.15) is 0 Å². The van der Waals surface area contributed by atoms with Crippen LogP contribution in [-0.4, -0.2) is 30.0 Å². The summed E-state index contributed by atoms with van der Waals surface area (Å²) in [6, 6.07) is 0.424. The minimum Gasteiger partial charge on any atom is -0.437 e. The van der Waals surface area contributed by atoms with Crippen molar-refractivity contribution in [3.05, 3.63) is 0 Å². The van der Waals surface area contributed by atoms with Gasteiger partial charge in [0.05, 0.1) is 6.61 Å². The summed E-state index contributed by atoms with van der Waals surface area (Å²) in [5.74, 6) is 0.618. The minimum absolute atomic E-state index is 0.423. The van der Waals surface area contributed by atoms with Gasteiger partial charge in [-0.05, 0) is 38.0 Å². The lowest BCUT2D eigenvalue weighted by Crippen LogP contribution is -2.42. The molecular weight excluding hydrogens is 181 g/mol. The van der Waals surface area contributed by atoms with Crippen molar-refractivity contribution in [2.24, 2.45) is 5.92 Å². The number of hydrogen-bond acceptors (Lipinski definition) is 4. The highest BCUT2D eigenvalue weighted by atomic mass is 17.1. The summed E-state index contributed by atoms with van der Waals surface area (Å²) < 4.78 is 0. The Morgan fingerprint density at radius 3 is 2.93 bits per heavy atom. The van der Waals surface area contributed by atoms with Gasteiger partial charge in [-0.25, -0.2) is 4.89 Å². The molecule has 82 valence electrons. The van der Waals surface area contributed by atoms with Gasteiger partial charge in [-0.1, -0.05) is 12.8 Å². The van der Waals surface area contributed by atoms with E-state index in [-0.39, 0.29) is 0 Å². The number of rotatable bonds is 5. The van der Waals surface area contributed by atoms with Gasteiger partial charge in [-0.15, -0.1) is 0 Å². The number of hydrogen-bond donors (Lipinski definition) is 3. The van der Waals surface area contributed by atoms with Crippen LogP contribution in [0.25, 0.3) is 0 Å². The van der Waals surface area contributed by atoms with E-state index in [2.05, 4.69) is 10.1 Å². The largest absolute Gasteiger partial charge is 0.437 e. The zero-order chi connectivity index (χ0) is 10.4. The van der Waals surface area contributed by atoms with E-state index in [1.54, 1.807) is 6.82 Å². The molecule has 1 aliphatic carbocycles. The van der Waals surface area contributed by atoms with E-state index in [9.17, 15) is 5.02 Å². The van der Waals surface area contributed by atoms with Crippen LogP contribution in [0.3, 0.4) is 0 Å². The highest BCUT2D eigenvalue weighted by Crippen LogP contribution is 2.26. The van der Waals surface area contributed by atoms with E-state index in [4.69, 9.17) is 5.26 Å². The van der Waals surface area contributed by atoms with Crippen LogP contribution in [0.15, 0.2) is 0 Å². The smallest absolute Gasteiger partial charge is 0.373 e. The lowest BCUT2D eigenvalue weighted by atomic mass is 9.79. The molecule has 0 saturated heterocycles. The minimum atomic E-state index is -0.423. The molecule has 1 rings (SSSR count). The quantitative estimate of drug-likeness (QED) is 0.354. The van der Waals surface area contributed by atoms with Crippen molar-refractivity contribution in [3.8, 4) is 0 Å². The Morgan fingerprint density at radius 2 is 2.29 bits per heavy atom. The molecule has 0 heterocycles. The molecule has 1 saturated carbocycles. The lowest BCUT2D eigenvalue weighted by Gasteiger charge is -2.30. The molecule has 1 fully saturated rings. The van der Waals surface area contributed by atoms with Crippen molar-refractivity contribution in [2.45, 2.75) is 45.0 Å². The summed E-state index contributed by atoms with van der Waals surface area (Å²) in [7, 11) is -0.423. The monoisotopic (exact) mass is 201 g/mol. The molecule has 5 heteroatoms. The van der Waals surface area contributed by atoms with E-state index in [1.807, 2.05) is 0 Å². The highest BCUT2D eigenvalue weighted by molar-refractivity contribution is 6.45. The van der Waals surface area contributed by atoms with Crippen LogP contribution in [0.4, 0.5) is 0 Å². The molecule has 0 unspecified atom stereocenters. The van der Waals surface area contributed by atoms with Crippen LogP contribution in [0.1, 0.15) is 32.1 Å². The van der Waals surface area contributed by atoms with Crippen LogP contribution in [0.5, 0.6) is 0 Å². The fourth-order valence-corrected chi connectivity index (χ4v) is 2.27. The molecule has 0 spiro atoms. The zero-order valence-electron chi connectivity index (χ0n) is 8.78. The van der Waals surface area contributed by atoms with E-state index >= 15 is 0 Å². The molecule has 4 nitrogen and oxygen atoms in total. The molecule has 0 aromatic heterocycles. The van der Waals surface area contributed by atoms with Crippen molar-refractivity contribution < 1.29 is 15.2 Å². The maximum absolute atomic E-state index is 9.19. The second-order valence-electron chi connectivity index (χ2n) is 4.19. The molecule has 0 aliphatic heterocycles. The predicted octanol–water partition coefficient (Wildman–Crippen LogP) is 1.12. The summed E-state index contributed by atoms with van der Waals surface area (Å²) in [6.45, 7) is 2.17. The first-order valence-corrected chi connectivity index (χ1v) is 5.43. The van der Waals surface area contributed by atoms with Gasteiger partial charge in [0, 0.05) is 0 Å². The van der Waals surface area contributed by atoms with E-state index in [0.29, 0.717) is 18.6 Å². The molecular formula is C9H20BNO3. The van der Waals surface area contributed by atoms with Crippen LogP contribution >= 0.6 is 0 Å². The van der Waals surface area contributed by atoms with Crippen molar-refractivity contribution in [1.82, 2.24) is 5.23 Å². The average molecular weight is 201 g/mol. The van der Waals surface area contributed by atoms with Gasteiger partial charge in [-0.2, -0.15) is 0 Å². The first-order chi connectivity index (χ1) is 6.72. The summed E-state index contributed by atoms with van der Waals surface area (Å²) in [5.41, 5.74) is 0. The molecule has 0 bridgehead atoms. The van der Waals surface area contributed by atoms with Crippen LogP contribution < -0.4 is 5.23 Å². The molecule has 1 aliphatic rings. The number of nitrogens with one attached hydrogen (secondary N) is 1. The zero-order valence-corrected chi connectivity index (χ0v) is 8.78. The highest BCUT2D eigenvalue weighted by Gasteiger charge is 2.23. The van der Waals surface area contributed by atoms with Crippen LogP contribution in [0.2, 0.25) is 6.82 Å². The Bertz CT molecular complexity index is 157. The van der Waals surface area contributed by atoms with Gasteiger partial charge in [0.25, 0.3) is 0 Å². The molecule has 14 heavy (non-hydrogen) atoms. The summed E-state index contributed by atoms with van der Waals surface area (Å²) >= 11 is 0. The maximum atomic E-state index is 9.19. The molecule has 0 amide bonds. The third kappa shape index (κ3) is 4.42. The average Bonchev–Trinajstić information content (AvgIpc) is 2.14. The molecule has 0 aromatic rings. The van der Waals surface area contributed by atoms with Crippen molar-refractivity contribution in [3.63, 3.8) is 0 Å². The van der Waals surface area contributed by atoms with Crippen molar-refractivity contribution in [1.29, 1.82) is 0 Å². The standard InChI is InChI=1S/C9H20BNO3/c1-10(12)11-9-4-2-3-8(7-9)5-6-14-13/h8-9,11-13H,2-7H2,1H3/t8-,9+/m1/s1. The Kier molecular flexibility index (Phi) is 5.48. The summed E-state index contributed by atoms with van der Waals surface area (Å²) in [6.07, 6.45) is 5.53. The lowest BCUT2D eigenvalue weighted by molar-refractivity contribution is -0.244. The Balaban J connectivity index is 2.21. The maximum Gasteiger partial charge on any atom is 0.373 e. The fraction of sp³-hybridized carbons (Fsp3) is 1.00. The SMILES string of the molecule is CB(O)N[C@H]1CCC[C@H](CCOO)C1. The van der Waals surface area contributed by atoms with Crippen molar-refractivity contribution >= 4 is 7.05 Å². The third-order valence-corrected chi connectivity index (χ3v) is 2.88. The summed E-state index contributed by atoms with van der Waals surface area (Å²) in [4.78, 5) is 4.09. The van der Waals surface area contributed by atoms with Crippen LogP contribution in [-0.2, 0) is 4.89 Å². The Labute approximate surface area is 85.7 Å². The van der Waals surface area contributed by atoms with E-state index in [1.165, 1.54) is 12.8 Å². The van der Waals surface area contributed by atoms with Gasteiger partial charge in [0.2, 0.25) is 0 Å². The van der Waals surface area contributed by atoms with E-state index < -0.39 is 7.05 Å². The third-order valence-electron chi connectivity index (χ3n) is 2.88. The molecule has 0 radical (unpaired) electrons. The van der Waals surface area contributed by atoms with Gasteiger partial charge in [-0.3, -0.25) is 5.26 Å². The molecule has 2 atom stereocenters. The Hall–Kier alpha value is -0.0951. The normalized spacial score (nSPS) is 27.6. The second kappa shape index (κ2) is 6.40. The Morgan fingerprint density at radius 1 is 1.50 bits per heavy atom. The topological polar surface area (TPSA) is 61.7 Å². The molecule has 3 N–H and O–H groups in total. The summed E-state index contributed by atoms with van der Waals surface area (Å²) in [5, 5.41) is 20.6. The molecule has 0 aromatic carbocycles. The van der Waals surface area contributed by atoms with Gasteiger partial charge < -0.3 is 10.3 Å². The second-order valence-corrected chi connectivity index (χ2v) is 4.19. The van der Waals surface area contributed by atoms with E-state index in [0.717, 1.165) is 19.3 Å². The van der Waals surface area contributed by atoms with Gasteiger partial charge >= 0.3 is 7.05 Å². The van der Waals surface area contributed by atoms with Crippen molar-refractivity contribution in [2.75, 3.05) is 6.61 Å². The van der Waals surface area contributed by atoms with Crippen LogP contribution in [0, 0.1) is 5.92 Å². The van der Waals surface area contributed by atoms with Gasteiger partial charge in [0.15, 0.2) is 0 Å². The first kappa shape index (κ1) is 12.0. The predicted molar refractivity (Wildman–Crippen MR) is 55.9 cm³/mol. The fourth-order valence-electron chi connectivity index (χ4n) is 2.27. The first-order valence-electron chi connectivity index (χ1n) is 5.43.